The van der Waals surface area contributed by atoms with Crippen molar-refractivity contribution in [2.75, 3.05) is 0 Å². The van der Waals surface area contributed by atoms with Gasteiger partial charge in [0.1, 0.15) is 5.75 Å². The molecule has 0 saturated carbocycles. The summed E-state index contributed by atoms with van der Waals surface area (Å²) in [6, 6.07) is 12.0. The first-order chi connectivity index (χ1) is 10.5. The van der Waals surface area contributed by atoms with Gasteiger partial charge in [0.25, 0.3) is 5.69 Å². The number of nitro benzene ring substituents is 1. The van der Waals surface area contributed by atoms with Gasteiger partial charge in [-0.2, -0.15) is 0 Å². The maximum Gasteiger partial charge on any atom is 0.270 e. The summed E-state index contributed by atoms with van der Waals surface area (Å²) in [6.45, 7) is 4.05. The van der Waals surface area contributed by atoms with Crippen molar-refractivity contribution < 1.29 is 10.0 Å². The highest BCUT2D eigenvalue weighted by molar-refractivity contribution is 5.84. The van der Waals surface area contributed by atoms with Crippen molar-refractivity contribution >= 4 is 11.9 Å². The first kappa shape index (κ1) is 15.7. The summed E-state index contributed by atoms with van der Waals surface area (Å²) in [6.07, 6.45) is 2.30. The lowest BCUT2D eigenvalue weighted by Gasteiger charge is -2.10. The van der Waals surface area contributed by atoms with Crippen LogP contribution >= 0.6 is 0 Å². The Balaban J connectivity index is 2.27. The third kappa shape index (κ3) is 3.69. The molecule has 0 aromatic heterocycles. The van der Waals surface area contributed by atoms with Crippen LogP contribution in [-0.4, -0.2) is 16.2 Å². The molecule has 0 heterocycles. The number of rotatable bonds is 5. The molecule has 2 aromatic rings. The van der Waals surface area contributed by atoms with Gasteiger partial charge in [-0.1, -0.05) is 36.8 Å². The van der Waals surface area contributed by atoms with Crippen molar-refractivity contribution in [3.63, 3.8) is 0 Å². The maximum absolute atomic E-state index is 10.8. The summed E-state index contributed by atoms with van der Waals surface area (Å²) >= 11 is 0. The van der Waals surface area contributed by atoms with Gasteiger partial charge in [-0.25, -0.2) is 0 Å². The minimum absolute atomic E-state index is 0.0203. The average Bonchev–Trinajstić information content (AvgIpc) is 2.50. The van der Waals surface area contributed by atoms with Gasteiger partial charge in [0.15, 0.2) is 0 Å². The summed E-state index contributed by atoms with van der Waals surface area (Å²) in [5.74, 6) is -0.0203. The monoisotopic (exact) mass is 298 g/mol. The number of hydrogen-bond acceptors (Lipinski definition) is 4. The van der Waals surface area contributed by atoms with E-state index in [2.05, 4.69) is 4.99 Å². The molecule has 0 amide bonds. The van der Waals surface area contributed by atoms with Gasteiger partial charge in [0, 0.05) is 23.9 Å². The summed E-state index contributed by atoms with van der Waals surface area (Å²) in [5, 5.41) is 20.6. The second-order valence-electron chi connectivity index (χ2n) is 5.11. The Bertz CT molecular complexity index is 694. The Labute approximate surface area is 129 Å². The van der Waals surface area contributed by atoms with E-state index in [-0.39, 0.29) is 17.5 Å². The third-order valence-corrected chi connectivity index (χ3v) is 3.46. The van der Waals surface area contributed by atoms with Crippen molar-refractivity contribution in [1.29, 1.82) is 0 Å². The van der Waals surface area contributed by atoms with Gasteiger partial charge in [0.05, 0.1) is 11.0 Å². The molecule has 0 bridgehead atoms. The molecule has 5 nitrogen and oxygen atoms in total. The van der Waals surface area contributed by atoms with Crippen LogP contribution in [0.15, 0.2) is 47.5 Å². The van der Waals surface area contributed by atoms with E-state index in [1.165, 1.54) is 30.0 Å². The lowest BCUT2D eigenvalue weighted by atomic mass is 10.0. The summed E-state index contributed by atoms with van der Waals surface area (Å²) < 4.78 is 0. The van der Waals surface area contributed by atoms with E-state index in [1.807, 2.05) is 38.1 Å². The molecule has 114 valence electrons. The fourth-order valence-electron chi connectivity index (χ4n) is 2.14. The van der Waals surface area contributed by atoms with Crippen molar-refractivity contribution in [3.8, 4) is 5.75 Å². The number of benzene rings is 2. The highest BCUT2D eigenvalue weighted by atomic mass is 16.6. The molecule has 0 aliphatic heterocycles. The normalized spacial score (nSPS) is 12.5. The largest absolute Gasteiger partial charge is 0.507 e. The molecule has 1 atom stereocenters. The Morgan fingerprint density at radius 2 is 1.95 bits per heavy atom. The first-order valence-corrected chi connectivity index (χ1v) is 7.08. The maximum atomic E-state index is 10.8. The Morgan fingerprint density at radius 3 is 2.55 bits per heavy atom. The topological polar surface area (TPSA) is 75.7 Å². The summed E-state index contributed by atoms with van der Waals surface area (Å²) in [5.41, 5.74) is 2.54. The molecule has 0 aliphatic carbocycles. The Kier molecular flexibility index (Phi) is 4.88. The van der Waals surface area contributed by atoms with E-state index >= 15 is 0 Å². The van der Waals surface area contributed by atoms with Crippen LogP contribution in [0.25, 0.3) is 0 Å². The second kappa shape index (κ2) is 6.85. The number of nitro groups is 1. The summed E-state index contributed by atoms with van der Waals surface area (Å²) in [4.78, 5) is 14.8. The van der Waals surface area contributed by atoms with Gasteiger partial charge < -0.3 is 5.11 Å². The zero-order valence-electron chi connectivity index (χ0n) is 12.6. The number of aryl methyl sites for hydroxylation is 1. The van der Waals surface area contributed by atoms with Crippen LogP contribution in [-0.2, 0) is 0 Å². The number of non-ortho nitro benzene ring substituents is 1. The van der Waals surface area contributed by atoms with Crippen LogP contribution in [0.2, 0.25) is 0 Å². The fourth-order valence-corrected chi connectivity index (χ4v) is 2.14. The molecule has 22 heavy (non-hydrogen) atoms. The smallest absolute Gasteiger partial charge is 0.270 e. The van der Waals surface area contributed by atoms with Crippen molar-refractivity contribution in [2.24, 2.45) is 4.99 Å². The van der Waals surface area contributed by atoms with Gasteiger partial charge in [0.2, 0.25) is 0 Å². The highest BCUT2D eigenvalue weighted by Crippen LogP contribution is 2.24. The average molecular weight is 298 g/mol. The van der Waals surface area contributed by atoms with E-state index < -0.39 is 4.92 Å². The zero-order chi connectivity index (χ0) is 16.1. The van der Waals surface area contributed by atoms with E-state index in [9.17, 15) is 15.2 Å². The first-order valence-electron chi connectivity index (χ1n) is 7.08. The molecule has 0 radical (unpaired) electrons. The predicted molar refractivity (Wildman–Crippen MR) is 86.6 cm³/mol. The molecule has 0 fully saturated rings. The fraction of sp³-hybridized carbons (Fsp3) is 0.235. The van der Waals surface area contributed by atoms with Crippen LogP contribution in [0.4, 0.5) is 5.69 Å². The molecule has 2 rings (SSSR count). The van der Waals surface area contributed by atoms with E-state index in [0.717, 1.165) is 12.0 Å². The van der Waals surface area contributed by atoms with Crippen LogP contribution in [0.3, 0.4) is 0 Å². The molecule has 2 aromatic carbocycles. The lowest BCUT2D eigenvalue weighted by Crippen LogP contribution is -1.96. The van der Waals surface area contributed by atoms with E-state index in [4.69, 9.17) is 0 Å². The van der Waals surface area contributed by atoms with Crippen LogP contribution in [0, 0.1) is 17.0 Å². The van der Waals surface area contributed by atoms with Crippen LogP contribution < -0.4 is 0 Å². The van der Waals surface area contributed by atoms with Crippen molar-refractivity contribution in [2.45, 2.75) is 26.3 Å². The molecule has 0 unspecified atom stereocenters. The van der Waals surface area contributed by atoms with Gasteiger partial charge in [-0.15, -0.1) is 0 Å². The lowest BCUT2D eigenvalue weighted by molar-refractivity contribution is -0.384. The molecular weight excluding hydrogens is 280 g/mol. The Hall–Kier alpha value is -2.69. The Morgan fingerprint density at radius 1 is 1.27 bits per heavy atom. The zero-order valence-corrected chi connectivity index (χ0v) is 12.6. The number of phenols is 1. The summed E-state index contributed by atoms with van der Waals surface area (Å²) in [7, 11) is 0. The van der Waals surface area contributed by atoms with Crippen LogP contribution in [0.5, 0.6) is 5.75 Å². The third-order valence-electron chi connectivity index (χ3n) is 3.46. The minimum atomic E-state index is -0.492. The SMILES string of the molecule is CC[C@@H](N=Cc1cc([N+](=O)[O-])ccc1O)c1ccc(C)cc1. The van der Waals surface area contributed by atoms with Crippen molar-refractivity contribution in [1.82, 2.24) is 0 Å². The number of hydrogen-bond donors (Lipinski definition) is 1. The van der Waals surface area contributed by atoms with Gasteiger partial charge >= 0.3 is 0 Å². The number of phenolic OH excluding ortho intramolecular Hbond substituents is 1. The van der Waals surface area contributed by atoms with Gasteiger partial charge in [-0.05, 0) is 25.0 Å². The second-order valence-corrected chi connectivity index (χ2v) is 5.11. The van der Waals surface area contributed by atoms with Gasteiger partial charge in [-0.3, -0.25) is 15.1 Å². The highest BCUT2D eigenvalue weighted by Gasteiger charge is 2.10. The molecule has 0 aliphatic rings. The molecule has 0 saturated heterocycles. The molecule has 5 heteroatoms. The predicted octanol–water partition coefficient (Wildman–Crippen LogP) is 4.18. The number of aliphatic imine (C=N–C) groups is 1. The molecular formula is C17H18N2O3. The quantitative estimate of drug-likeness (QED) is 0.511. The number of nitrogens with zero attached hydrogens (tertiary/aromatic N) is 2. The van der Waals surface area contributed by atoms with E-state index in [1.54, 1.807) is 0 Å². The molecule has 0 spiro atoms. The van der Waals surface area contributed by atoms with Crippen LogP contribution in [0.1, 0.15) is 36.1 Å². The minimum Gasteiger partial charge on any atom is -0.507 e. The van der Waals surface area contributed by atoms with E-state index in [0.29, 0.717) is 5.56 Å². The van der Waals surface area contributed by atoms with Crippen molar-refractivity contribution in [3.05, 3.63) is 69.3 Å². The number of aromatic hydroxyl groups is 1. The standard InChI is InChI=1S/C17H18N2O3/c1-3-16(13-6-4-12(2)5-7-13)18-11-14-10-15(19(21)22)8-9-17(14)20/h4-11,16,20H,3H2,1-2H3/t16-/m1/s1. The molecule has 1 N–H and O–H groups in total.